The van der Waals surface area contributed by atoms with Crippen molar-refractivity contribution in [3.63, 3.8) is 0 Å². The second kappa shape index (κ2) is 8.50. The van der Waals surface area contributed by atoms with E-state index in [1.165, 1.54) is 19.4 Å². The zero-order valence-corrected chi connectivity index (χ0v) is 9.06. The molecule has 0 amide bonds. The van der Waals surface area contributed by atoms with Crippen molar-refractivity contribution in [2.45, 2.75) is 12.8 Å². The largest absolute Gasteiger partial charge is 0.385 e. The number of hydrogen-bond donors (Lipinski definition) is 0. The summed E-state index contributed by atoms with van der Waals surface area (Å²) < 4.78 is 4.96. The van der Waals surface area contributed by atoms with Gasteiger partial charge in [0.2, 0.25) is 0 Å². The van der Waals surface area contributed by atoms with Crippen LogP contribution in [0.2, 0.25) is 0 Å². The fourth-order valence-corrected chi connectivity index (χ4v) is 1.49. The van der Waals surface area contributed by atoms with Crippen molar-refractivity contribution in [2.75, 3.05) is 39.2 Å². The maximum absolute atomic E-state index is 4.96. The molecular formula is C8H18BrNO. The van der Waals surface area contributed by atoms with E-state index in [0.717, 1.165) is 18.5 Å². The van der Waals surface area contributed by atoms with Crippen LogP contribution >= 0.6 is 15.9 Å². The Hall–Kier alpha value is 0.400. The maximum Gasteiger partial charge on any atom is 0.0462 e. The molecule has 0 aromatic heterocycles. The first-order valence-corrected chi connectivity index (χ1v) is 5.17. The zero-order valence-electron chi connectivity index (χ0n) is 7.48. The molecule has 0 aliphatic rings. The molecule has 0 aliphatic carbocycles. The Labute approximate surface area is 78.0 Å². The van der Waals surface area contributed by atoms with E-state index in [0.29, 0.717) is 0 Å². The number of hydrogen-bond acceptors (Lipinski definition) is 2. The Balaban J connectivity index is 2.97. The van der Waals surface area contributed by atoms with Crippen LogP contribution in [0.3, 0.4) is 0 Å². The highest BCUT2D eigenvalue weighted by Crippen LogP contribution is 1.93. The van der Waals surface area contributed by atoms with Gasteiger partial charge in [0.05, 0.1) is 0 Å². The molecule has 0 bridgehead atoms. The van der Waals surface area contributed by atoms with Crippen molar-refractivity contribution in [1.82, 2.24) is 4.90 Å². The predicted molar refractivity (Wildman–Crippen MR) is 52.4 cm³/mol. The Morgan fingerprint density at radius 2 is 2.00 bits per heavy atom. The second-order valence-electron chi connectivity index (χ2n) is 2.69. The predicted octanol–water partition coefficient (Wildman–Crippen LogP) is 1.74. The van der Waals surface area contributed by atoms with Crippen LogP contribution < -0.4 is 0 Å². The molecule has 0 aliphatic heterocycles. The fraction of sp³-hybridized carbons (Fsp3) is 1.00. The summed E-state index contributed by atoms with van der Waals surface area (Å²) in [5, 5.41) is 1.06. The van der Waals surface area contributed by atoms with Crippen LogP contribution in [0.25, 0.3) is 0 Å². The smallest absolute Gasteiger partial charge is 0.0462 e. The molecule has 11 heavy (non-hydrogen) atoms. The third-order valence-electron chi connectivity index (χ3n) is 1.60. The van der Waals surface area contributed by atoms with Gasteiger partial charge in [-0.1, -0.05) is 15.9 Å². The molecule has 2 nitrogen and oxygen atoms in total. The van der Waals surface area contributed by atoms with E-state index >= 15 is 0 Å². The minimum Gasteiger partial charge on any atom is -0.385 e. The van der Waals surface area contributed by atoms with Gasteiger partial charge in [0, 0.05) is 25.6 Å². The van der Waals surface area contributed by atoms with Gasteiger partial charge in [-0.25, -0.2) is 0 Å². The number of unbranched alkanes of at least 4 members (excludes halogenated alkanes) is 1. The molecule has 0 N–H and O–H groups in total. The third-order valence-corrected chi connectivity index (χ3v) is 1.96. The van der Waals surface area contributed by atoms with E-state index in [1.807, 2.05) is 0 Å². The minimum absolute atomic E-state index is 0.891. The highest BCUT2D eigenvalue weighted by atomic mass is 79.9. The summed E-state index contributed by atoms with van der Waals surface area (Å²) in [4.78, 5) is 2.32. The van der Waals surface area contributed by atoms with Gasteiger partial charge in [0.1, 0.15) is 0 Å². The third kappa shape index (κ3) is 8.30. The first-order valence-electron chi connectivity index (χ1n) is 4.04. The number of rotatable bonds is 7. The number of ether oxygens (including phenoxy) is 1. The van der Waals surface area contributed by atoms with E-state index in [1.54, 1.807) is 7.11 Å². The lowest BCUT2D eigenvalue weighted by Gasteiger charge is -2.13. The average molecular weight is 224 g/mol. The summed E-state index contributed by atoms with van der Waals surface area (Å²) in [6.45, 7) is 3.20. The summed E-state index contributed by atoms with van der Waals surface area (Å²) in [7, 11) is 3.90. The number of halogens is 1. The Morgan fingerprint density at radius 1 is 1.27 bits per heavy atom. The van der Waals surface area contributed by atoms with Crippen molar-refractivity contribution in [3.05, 3.63) is 0 Å². The van der Waals surface area contributed by atoms with E-state index in [9.17, 15) is 0 Å². The lowest BCUT2D eigenvalue weighted by molar-refractivity contribution is 0.188. The highest BCUT2D eigenvalue weighted by Gasteiger charge is 1.95. The van der Waals surface area contributed by atoms with Crippen molar-refractivity contribution in [1.29, 1.82) is 0 Å². The summed E-state index contributed by atoms with van der Waals surface area (Å²) in [5.41, 5.74) is 0. The molecule has 0 fully saturated rings. The SMILES string of the molecule is COCCCCN(C)CCBr. The lowest BCUT2D eigenvalue weighted by Crippen LogP contribution is -2.21. The van der Waals surface area contributed by atoms with Gasteiger partial charge in [-0.3, -0.25) is 0 Å². The quantitative estimate of drug-likeness (QED) is 0.482. The van der Waals surface area contributed by atoms with Crippen molar-refractivity contribution in [2.24, 2.45) is 0 Å². The van der Waals surface area contributed by atoms with Crippen LogP contribution in [-0.4, -0.2) is 44.1 Å². The fourth-order valence-electron chi connectivity index (χ4n) is 0.884. The maximum atomic E-state index is 4.96. The van der Waals surface area contributed by atoms with Gasteiger partial charge in [0.25, 0.3) is 0 Å². The Kier molecular flexibility index (Phi) is 8.81. The van der Waals surface area contributed by atoms with Crippen LogP contribution in [0.4, 0.5) is 0 Å². The molecule has 0 aromatic carbocycles. The Bertz CT molecular complexity index is 80.5. The molecule has 0 saturated carbocycles. The Morgan fingerprint density at radius 3 is 2.55 bits per heavy atom. The zero-order chi connectivity index (χ0) is 8.53. The molecule has 0 radical (unpaired) electrons. The average Bonchev–Trinajstić information content (AvgIpc) is 1.99. The van der Waals surface area contributed by atoms with Crippen LogP contribution in [0.1, 0.15) is 12.8 Å². The number of alkyl halides is 1. The molecule has 0 spiro atoms. The monoisotopic (exact) mass is 223 g/mol. The first kappa shape index (κ1) is 11.4. The van der Waals surface area contributed by atoms with Gasteiger partial charge < -0.3 is 9.64 Å². The molecule has 0 aromatic rings. The van der Waals surface area contributed by atoms with E-state index in [4.69, 9.17) is 4.74 Å². The van der Waals surface area contributed by atoms with Gasteiger partial charge in [0.15, 0.2) is 0 Å². The van der Waals surface area contributed by atoms with E-state index in [-0.39, 0.29) is 0 Å². The molecule has 0 atom stereocenters. The normalized spacial score (nSPS) is 10.9. The molecular weight excluding hydrogens is 206 g/mol. The number of nitrogens with zero attached hydrogens (tertiary/aromatic N) is 1. The second-order valence-corrected chi connectivity index (χ2v) is 3.49. The minimum atomic E-state index is 0.891. The van der Waals surface area contributed by atoms with Gasteiger partial charge in [-0.2, -0.15) is 0 Å². The van der Waals surface area contributed by atoms with Crippen LogP contribution in [-0.2, 0) is 4.74 Å². The molecule has 68 valence electrons. The summed E-state index contributed by atoms with van der Waals surface area (Å²) >= 11 is 3.41. The number of methoxy groups -OCH3 is 1. The summed E-state index contributed by atoms with van der Waals surface area (Å²) in [5.74, 6) is 0. The van der Waals surface area contributed by atoms with Crippen molar-refractivity contribution >= 4 is 15.9 Å². The molecule has 0 unspecified atom stereocenters. The summed E-state index contributed by atoms with van der Waals surface area (Å²) in [6.07, 6.45) is 2.40. The molecule has 0 heterocycles. The van der Waals surface area contributed by atoms with Gasteiger partial charge in [-0.05, 0) is 26.4 Å². The standard InChI is InChI=1S/C8H18BrNO/c1-10(7-5-9)6-3-4-8-11-2/h3-8H2,1-2H3. The van der Waals surface area contributed by atoms with E-state index < -0.39 is 0 Å². The van der Waals surface area contributed by atoms with Crippen LogP contribution in [0, 0.1) is 0 Å². The molecule has 0 rings (SSSR count). The van der Waals surface area contributed by atoms with Crippen molar-refractivity contribution in [3.8, 4) is 0 Å². The van der Waals surface area contributed by atoms with Gasteiger partial charge >= 0.3 is 0 Å². The molecule has 0 saturated heterocycles. The van der Waals surface area contributed by atoms with E-state index in [2.05, 4.69) is 27.9 Å². The lowest BCUT2D eigenvalue weighted by atomic mass is 10.3. The van der Waals surface area contributed by atoms with Crippen molar-refractivity contribution < 1.29 is 4.74 Å². The van der Waals surface area contributed by atoms with Crippen LogP contribution in [0.5, 0.6) is 0 Å². The van der Waals surface area contributed by atoms with Gasteiger partial charge in [-0.15, -0.1) is 0 Å². The topological polar surface area (TPSA) is 12.5 Å². The first-order chi connectivity index (χ1) is 5.31. The summed E-state index contributed by atoms with van der Waals surface area (Å²) in [6, 6.07) is 0. The highest BCUT2D eigenvalue weighted by molar-refractivity contribution is 9.09. The van der Waals surface area contributed by atoms with Crippen LogP contribution in [0.15, 0.2) is 0 Å². The molecule has 3 heteroatoms.